The average molecular weight is 298 g/mol. The fourth-order valence-corrected chi connectivity index (χ4v) is 2.30. The summed E-state index contributed by atoms with van der Waals surface area (Å²) < 4.78 is 0. The first-order valence-corrected chi connectivity index (χ1v) is 7.34. The van der Waals surface area contributed by atoms with Gasteiger partial charge in [0, 0.05) is 13.1 Å². The lowest BCUT2D eigenvalue weighted by atomic mass is 10.1. The number of amides is 1. The van der Waals surface area contributed by atoms with Crippen molar-refractivity contribution in [2.75, 3.05) is 24.5 Å². The van der Waals surface area contributed by atoms with Crippen LogP contribution < -0.4 is 16.0 Å². The van der Waals surface area contributed by atoms with E-state index in [4.69, 9.17) is 17.3 Å². The molecule has 0 radical (unpaired) electrons. The summed E-state index contributed by atoms with van der Waals surface area (Å²) in [6, 6.07) is 5.91. The summed E-state index contributed by atoms with van der Waals surface area (Å²) in [4.78, 5) is 12.9. The molecule has 0 aliphatic heterocycles. The number of carbonyl (C=O) groups excluding carboxylic acids is 1. The topological polar surface area (TPSA) is 58.4 Å². The molecule has 1 amide bonds. The van der Waals surface area contributed by atoms with Crippen molar-refractivity contribution in [3.05, 3.63) is 28.8 Å². The molecule has 5 heteroatoms. The van der Waals surface area contributed by atoms with Crippen molar-refractivity contribution in [3.63, 3.8) is 0 Å². The molecule has 1 aromatic rings. The molecule has 1 aromatic carbocycles. The molecule has 0 unspecified atom stereocenters. The van der Waals surface area contributed by atoms with E-state index in [1.54, 1.807) is 0 Å². The van der Waals surface area contributed by atoms with Crippen LogP contribution in [0.3, 0.4) is 0 Å². The fraction of sp³-hybridized carbons (Fsp3) is 0.533. The van der Waals surface area contributed by atoms with Gasteiger partial charge < -0.3 is 16.0 Å². The highest BCUT2D eigenvalue weighted by Gasteiger charge is 2.11. The van der Waals surface area contributed by atoms with E-state index in [1.807, 2.05) is 30.0 Å². The Morgan fingerprint density at radius 3 is 2.65 bits per heavy atom. The summed E-state index contributed by atoms with van der Waals surface area (Å²) in [5.74, 6) is 0.265. The van der Waals surface area contributed by atoms with Gasteiger partial charge >= 0.3 is 0 Å². The Balaban J connectivity index is 2.73. The van der Waals surface area contributed by atoms with E-state index >= 15 is 0 Å². The Kier molecular flexibility index (Phi) is 6.82. The summed E-state index contributed by atoms with van der Waals surface area (Å²) in [6.07, 6.45) is 0. The number of carbonyl (C=O) groups is 1. The van der Waals surface area contributed by atoms with Crippen LogP contribution in [0.25, 0.3) is 0 Å². The number of anilines is 1. The minimum atomic E-state index is -0.356. The van der Waals surface area contributed by atoms with E-state index in [2.05, 4.69) is 19.2 Å². The maximum atomic E-state index is 11.1. The molecule has 0 heterocycles. The van der Waals surface area contributed by atoms with E-state index in [1.165, 1.54) is 0 Å². The maximum absolute atomic E-state index is 11.1. The van der Waals surface area contributed by atoms with Gasteiger partial charge in [-0.1, -0.05) is 31.5 Å². The second-order valence-electron chi connectivity index (χ2n) is 5.29. The number of rotatable bonds is 8. The standard InChI is InChI=1S/C15H24ClN3O/c1-4-19(10-15(17)20)14-6-5-12(7-13(14)16)9-18-8-11(2)3/h5-7,11,18H,4,8-10H2,1-3H3,(H2,17,20). The Bertz CT molecular complexity index is 449. The lowest BCUT2D eigenvalue weighted by Crippen LogP contribution is -2.33. The van der Waals surface area contributed by atoms with Crippen LogP contribution in [0.4, 0.5) is 5.69 Å². The van der Waals surface area contributed by atoms with Gasteiger partial charge in [-0.15, -0.1) is 0 Å². The summed E-state index contributed by atoms with van der Waals surface area (Å²) in [7, 11) is 0. The molecule has 0 aromatic heterocycles. The third-order valence-corrected chi connectivity index (χ3v) is 3.27. The van der Waals surface area contributed by atoms with Crippen LogP contribution in [0.2, 0.25) is 5.02 Å². The number of nitrogens with zero attached hydrogens (tertiary/aromatic N) is 1. The molecule has 0 saturated heterocycles. The van der Waals surface area contributed by atoms with Gasteiger partial charge in [0.15, 0.2) is 0 Å². The van der Waals surface area contributed by atoms with Crippen LogP contribution in [0.5, 0.6) is 0 Å². The van der Waals surface area contributed by atoms with Crippen molar-refractivity contribution >= 4 is 23.2 Å². The van der Waals surface area contributed by atoms with E-state index in [9.17, 15) is 4.79 Å². The highest BCUT2D eigenvalue weighted by molar-refractivity contribution is 6.33. The van der Waals surface area contributed by atoms with Gasteiger partial charge in [0.1, 0.15) is 0 Å². The van der Waals surface area contributed by atoms with Crippen LogP contribution >= 0.6 is 11.6 Å². The minimum Gasteiger partial charge on any atom is -0.368 e. The van der Waals surface area contributed by atoms with Crippen molar-refractivity contribution in [1.82, 2.24) is 5.32 Å². The van der Waals surface area contributed by atoms with E-state index < -0.39 is 0 Å². The molecule has 0 aliphatic rings. The molecule has 1 rings (SSSR count). The molecule has 4 nitrogen and oxygen atoms in total. The van der Waals surface area contributed by atoms with Gasteiger partial charge in [-0.25, -0.2) is 0 Å². The van der Waals surface area contributed by atoms with Crippen molar-refractivity contribution in [1.29, 1.82) is 0 Å². The first kappa shape index (κ1) is 16.8. The van der Waals surface area contributed by atoms with Crippen LogP contribution in [0.15, 0.2) is 18.2 Å². The van der Waals surface area contributed by atoms with Gasteiger partial charge in [-0.3, -0.25) is 4.79 Å². The summed E-state index contributed by atoms with van der Waals surface area (Å²) in [5.41, 5.74) is 7.23. The molecule has 0 saturated carbocycles. The van der Waals surface area contributed by atoms with Crippen molar-refractivity contribution < 1.29 is 4.79 Å². The molecule has 0 bridgehead atoms. The molecule has 0 fully saturated rings. The smallest absolute Gasteiger partial charge is 0.236 e. The number of nitrogens with two attached hydrogens (primary N) is 1. The Morgan fingerprint density at radius 2 is 2.15 bits per heavy atom. The zero-order valence-electron chi connectivity index (χ0n) is 12.4. The molecule has 3 N–H and O–H groups in total. The van der Waals surface area contributed by atoms with Crippen LogP contribution in [-0.2, 0) is 11.3 Å². The third-order valence-electron chi connectivity index (χ3n) is 2.96. The van der Waals surface area contributed by atoms with Gasteiger partial charge in [0.25, 0.3) is 0 Å². The largest absolute Gasteiger partial charge is 0.368 e. The number of likely N-dealkylation sites (N-methyl/N-ethyl adjacent to an activating group) is 1. The number of hydrogen-bond donors (Lipinski definition) is 2. The number of primary amides is 1. The highest BCUT2D eigenvalue weighted by Crippen LogP contribution is 2.26. The number of benzene rings is 1. The average Bonchev–Trinajstić information content (AvgIpc) is 2.36. The summed E-state index contributed by atoms with van der Waals surface area (Å²) >= 11 is 6.31. The summed E-state index contributed by atoms with van der Waals surface area (Å²) in [5, 5.41) is 4.03. The van der Waals surface area contributed by atoms with Gasteiger partial charge in [0.2, 0.25) is 5.91 Å². The van der Waals surface area contributed by atoms with Gasteiger partial charge in [-0.05, 0) is 37.1 Å². The zero-order valence-corrected chi connectivity index (χ0v) is 13.2. The Morgan fingerprint density at radius 1 is 1.45 bits per heavy atom. The monoisotopic (exact) mass is 297 g/mol. The summed E-state index contributed by atoms with van der Waals surface area (Å²) in [6.45, 7) is 8.95. The first-order chi connectivity index (χ1) is 9.43. The molecule has 112 valence electrons. The molecular weight excluding hydrogens is 274 g/mol. The Labute approximate surface area is 126 Å². The van der Waals surface area contributed by atoms with Gasteiger partial charge in [-0.2, -0.15) is 0 Å². The van der Waals surface area contributed by atoms with Gasteiger partial charge in [0.05, 0.1) is 17.3 Å². The minimum absolute atomic E-state index is 0.182. The second kappa shape index (κ2) is 8.12. The molecule has 0 spiro atoms. The zero-order chi connectivity index (χ0) is 15.1. The predicted molar refractivity (Wildman–Crippen MR) is 85.1 cm³/mol. The second-order valence-corrected chi connectivity index (χ2v) is 5.70. The quantitative estimate of drug-likeness (QED) is 0.774. The lowest BCUT2D eigenvalue weighted by molar-refractivity contribution is -0.116. The normalized spacial score (nSPS) is 10.8. The van der Waals surface area contributed by atoms with Crippen molar-refractivity contribution in [2.45, 2.75) is 27.3 Å². The van der Waals surface area contributed by atoms with E-state index in [-0.39, 0.29) is 12.5 Å². The maximum Gasteiger partial charge on any atom is 0.236 e. The van der Waals surface area contributed by atoms with Crippen LogP contribution in [-0.4, -0.2) is 25.5 Å². The number of nitrogens with one attached hydrogen (secondary N) is 1. The Hall–Kier alpha value is -1.26. The van der Waals surface area contributed by atoms with E-state index in [0.717, 1.165) is 24.3 Å². The first-order valence-electron chi connectivity index (χ1n) is 6.96. The lowest BCUT2D eigenvalue weighted by Gasteiger charge is -2.23. The molecule has 0 atom stereocenters. The molecule has 0 aliphatic carbocycles. The van der Waals surface area contributed by atoms with Crippen molar-refractivity contribution in [3.8, 4) is 0 Å². The van der Waals surface area contributed by atoms with Crippen LogP contribution in [0.1, 0.15) is 26.3 Å². The highest BCUT2D eigenvalue weighted by atomic mass is 35.5. The third kappa shape index (κ3) is 5.39. The number of halogens is 1. The SMILES string of the molecule is CCN(CC(N)=O)c1ccc(CNCC(C)C)cc1Cl. The molecule has 20 heavy (non-hydrogen) atoms. The van der Waals surface area contributed by atoms with Crippen LogP contribution in [0, 0.1) is 5.92 Å². The fourth-order valence-electron chi connectivity index (χ4n) is 1.98. The predicted octanol–water partition coefficient (Wildman–Crippen LogP) is 2.40. The molecular formula is C15H24ClN3O. The van der Waals surface area contributed by atoms with E-state index in [0.29, 0.717) is 17.5 Å². The number of hydrogen-bond acceptors (Lipinski definition) is 3. The van der Waals surface area contributed by atoms with Crippen molar-refractivity contribution in [2.24, 2.45) is 11.7 Å².